The second-order valence-electron chi connectivity index (χ2n) is 3.08. The van der Waals surface area contributed by atoms with Gasteiger partial charge in [-0.1, -0.05) is 0 Å². The smallest absolute Gasteiger partial charge is 0.345 e. The average Bonchev–Trinajstić information content (AvgIpc) is 2.10. The number of amides is 1. The van der Waals surface area contributed by atoms with Crippen molar-refractivity contribution in [2.75, 3.05) is 7.05 Å². The number of hydrogen-bond acceptors (Lipinski definition) is 3. The first-order valence-corrected chi connectivity index (χ1v) is 4.31. The van der Waals surface area contributed by atoms with E-state index in [1.807, 2.05) is 0 Å². The van der Waals surface area contributed by atoms with Gasteiger partial charge in [0.15, 0.2) is 0 Å². The number of aromatic amines is 1. The molecule has 1 rings (SSSR count). The van der Waals surface area contributed by atoms with Crippen LogP contribution in [0.25, 0.3) is 0 Å². The lowest BCUT2D eigenvalue weighted by atomic mass is 10.1. The molecule has 0 aliphatic rings. The van der Waals surface area contributed by atoms with Gasteiger partial charge in [0.25, 0.3) is 0 Å². The average molecular weight is 195 g/mol. The van der Waals surface area contributed by atoms with Crippen LogP contribution < -0.4 is 11.0 Å². The third-order valence-electron chi connectivity index (χ3n) is 2.07. The van der Waals surface area contributed by atoms with Gasteiger partial charge >= 0.3 is 5.69 Å². The summed E-state index contributed by atoms with van der Waals surface area (Å²) < 4.78 is 0. The highest BCUT2D eigenvalue weighted by molar-refractivity contribution is 5.78. The molecule has 0 aromatic carbocycles. The molecule has 1 heterocycles. The van der Waals surface area contributed by atoms with Gasteiger partial charge < -0.3 is 10.3 Å². The number of rotatable bonds is 2. The number of carbonyl (C=O) groups excluding carboxylic acids is 1. The van der Waals surface area contributed by atoms with Crippen molar-refractivity contribution in [2.45, 2.75) is 20.3 Å². The second-order valence-corrected chi connectivity index (χ2v) is 3.08. The third kappa shape index (κ3) is 2.18. The number of H-pyrrole nitrogens is 1. The maximum atomic E-state index is 11.1. The third-order valence-corrected chi connectivity index (χ3v) is 2.07. The Bertz CT molecular complexity index is 383. The molecule has 1 aromatic heterocycles. The lowest BCUT2D eigenvalue weighted by Gasteiger charge is -2.06. The molecule has 5 heteroatoms. The van der Waals surface area contributed by atoms with E-state index >= 15 is 0 Å². The van der Waals surface area contributed by atoms with Crippen molar-refractivity contribution in [3.63, 3.8) is 0 Å². The van der Waals surface area contributed by atoms with E-state index in [-0.39, 0.29) is 18.0 Å². The van der Waals surface area contributed by atoms with Crippen molar-refractivity contribution in [1.82, 2.24) is 15.3 Å². The van der Waals surface area contributed by atoms with Gasteiger partial charge in [0, 0.05) is 24.0 Å². The van der Waals surface area contributed by atoms with Gasteiger partial charge in [-0.3, -0.25) is 4.79 Å². The molecule has 1 amide bonds. The number of aromatic nitrogens is 2. The van der Waals surface area contributed by atoms with E-state index in [0.29, 0.717) is 11.4 Å². The first-order chi connectivity index (χ1) is 6.54. The zero-order valence-electron chi connectivity index (χ0n) is 8.47. The SMILES string of the molecule is CNC(=O)Cc1c(C)nc(=O)[nH]c1C. The minimum atomic E-state index is -0.374. The van der Waals surface area contributed by atoms with Crippen LogP contribution in [0.4, 0.5) is 0 Å². The summed E-state index contributed by atoms with van der Waals surface area (Å²) in [6.45, 7) is 3.48. The summed E-state index contributed by atoms with van der Waals surface area (Å²) in [4.78, 5) is 28.4. The van der Waals surface area contributed by atoms with Crippen LogP contribution in [0, 0.1) is 13.8 Å². The fourth-order valence-corrected chi connectivity index (χ4v) is 1.26. The molecule has 0 atom stereocenters. The first kappa shape index (κ1) is 10.4. The molecule has 14 heavy (non-hydrogen) atoms. The maximum absolute atomic E-state index is 11.1. The molecular formula is C9H13N3O2. The Balaban J connectivity index is 3.09. The van der Waals surface area contributed by atoms with Gasteiger partial charge in [0.2, 0.25) is 5.91 Å². The van der Waals surface area contributed by atoms with E-state index in [2.05, 4.69) is 15.3 Å². The molecule has 76 valence electrons. The number of nitrogens with one attached hydrogen (secondary N) is 2. The van der Waals surface area contributed by atoms with Crippen LogP contribution in [0.1, 0.15) is 17.0 Å². The number of nitrogens with zero attached hydrogens (tertiary/aromatic N) is 1. The molecule has 0 saturated heterocycles. The van der Waals surface area contributed by atoms with Crippen molar-refractivity contribution in [2.24, 2.45) is 0 Å². The van der Waals surface area contributed by atoms with Crippen molar-refractivity contribution in [1.29, 1.82) is 0 Å². The zero-order chi connectivity index (χ0) is 10.7. The fourth-order valence-electron chi connectivity index (χ4n) is 1.26. The van der Waals surface area contributed by atoms with Crippen LogP contribution in [-0.4, -0.2) is 22.9 Å². The second kappa shape index (κ2) is 4.04. The first-order valence-electron chi connectivity index (χ1n) is 4.31. The Morgan fingerprint density at radius 1 is 1.50 bits per heavy atom. The summed E-state index contributed by atoms with van der Waals surface area (Å²) in [6.07, 6.45) is 0.248. The molecule has 5 nitrogen and oxygen atoms in total. The summed E-state index contributed by atoms with van der Waals surface area (Å²) in [6, 6.07) is 0. The molecule has 0 spiro atoms. The lowest BCUT2D eigenvalue weighted by Crippen LogP contribution is -2.23. The predicted octanol–water partition coefficient (Wildman–Crippen LogP) is -0.325. The van der Waals surface area contributed by atoms with Gasteiger partial charge in [0.05, 0.1) is 6.42 Å². The molecular weight excluding hydrogens is 182 g/mol. The van der Waals surface area contributed by atoms with Gasteiger partial charge in [-0.2, -0.15) is 4.98 Å². The van der Waals surface area contributed by atoms with Crippen LogP contribution in [0.3, 0.4) is 0 Å². The van der Waals surface area contributed by atoms with Crippen molar-refractivity contribution in [3.8, 4) is 0 Å². The summed E-state index contributed by atoms with van der Waals surface area (Å²) in [5, 5.41) is 2.52. The molecule has 0 aliphatic carbocycles. The Kier molecular flexibility index (Phi) is 3.01. The molecule has 2 N–H and O–H groups in total. The molecule has 0 unspecified atom stereocenters. The lowest BCUT2D eigenvalue weighted by molar-refractivity contribution is -0.119. The predicted molar refractivity (Wildman–Crippen MR) is 52.1 cm³/mol. The summed E-state index contributed by atoms with van der Waals surface area (Å²) in [7, 11) is 1.58. The molecule has 0 bridgehead atoms. The zero-order valence-corrected chi connectivity index (χ0v) is 8.47. The van der Waals surface area contributed by atoms with E-state index in [4.69, 9.17) is 0 Å². The summed E-state index contributed by atoms with van der Waals surface area (Å²) >= 11 is 0. The van der Waals surface area contributed by atoms with Crippen molar-refractivity contribution >= 4 is 5.91 Å². The van der Waals surface area contributed by atoms with Gasteiger partial charge in [-0.25, -0.2) is 4.79 Å². The van der Waals surface area contributed by atoms with E-state index in [1.165, 1.54) is 0 Å². The number of hydrogen-bond donors (Lipinski definition) is 2. The van der Waals surface area contributed by atoms with Gasteiger partial charge in [-0.15, -0.1) is 0 Å². The molecule has 0 radical (unpaired) electrons. The number of likely N-dealkylation sites (N-methyl/N-ethyl adjacent to an activating group) is 1. The standard InChI is InChI=1S/C9H13N3O2/c1-5-7(4-8(13)10-3)6(2)12-9(14)11-5/h4H2,1-3H3,(H,10,13)(H,11,12,14). The fraction of sp³-hybridized carbons (Fsp3) is 0.444. The minimum absolute atomic E-state index is 0.0925. The van der Waals surface area contributed by atoms with E-state index in [9.17, 15) is 9.59 Å². The van der Waals surface area contributed by atoms with E-state index in [1.54, 1.807) is 20.9 Å². The topological polar surface area (TPSA) is 74.8 Å². The van der Waals surface area contributed by atoms with Crippen LogP contribution in [0.15, 0.2) is 4.79 Å². The normalized spacial score (nSPS) is 9.93. The number of aryl methyl sites for hydroxylation is 2. The van der Waals surface area contributed by atoms with Crippen molar-refractivity contribution < 1.29 is 4.79 Å². The Morgan fingerprint density at radius 2 is 2.14 bits per heavy atom. The van der Waals surface area contributed by atoms with E-state index in [0.717, 1.165) is 5.56 Å². The molecule has 0 aliphatic heterocycles. The monoisotopic (exact) mass is 195 g/mol. The number of carbonyl (C=O) groups is 1. The van der Waals surface area contributed by atoms with Crippen LogP contribution in [-0.2, 0) is 11.2 Å². The highest BCUT2D eigenvalue weighted by Gasteiger charge is 2.09. The Hall–Kier alpha value is -1.65. The minimum Gasteiger partial charge on any atom is -0.359 e. The summed E-state index contributed by atoms with van der Waals surface area (Å²) in [5.41, 5.74) is 1.71. The van der Waals surface area contributed by atoms with Gasteiger partial charge in [-0.05, 0) is 13.8 Å². The molecule has 0 saturated carbocycles. The highest BCUT2D eigenvalue weighted by atomic mass is 16.1. The van der Waals surface area contributed by atoms with Crippen LogP contribution in [0.2, 0.25) is 0 Å². The quantitative estimate of drug-likeness (QED) is 0.678. The van der Waals surface area contributed by atoms with Crippen LogP contribution in [0.5, 0.6) is 0 Å². The molecule has 0 fully saturated rings. The van der Waals surface area contributed by atoms with E-state index < -0.39 is 0 Å². The van der Waals surface area contributed by atoms with Crippen LogP contribution >= 0.6 is 0 Å². The maximum Gasteiger partial charge on any atom is 0.345 e. The highest BCUT2D eigenvalue weighted by Crippen LogP contribution is 2.06. The summed E-state index contributed by atoms with van der Waals surface area (Å²) in [5.74, 6) is -0.0925. The largest absolute Gasteiger partial charge is 0.359 e. The Morgan fingerprint density at radius 3 is 2.64 bits per heavy atom. The molecule has 1 aromatic rings. The van der Waals surface area contributed by atoms with Gasteiger partial charge in [0.1, 0.15) is 0 Å². The Labute approximate surface area is 81.6 Å². The van der Waals surface area contributed by atoms with Crippen molar-refractivity contribution in [3.05, 3.63) is 27.4 Å².